The van der Waals surface area contributed by atoms with E-state index < -0.39 is 0 Å². The molecule has 3 heterocycles. The Balaban J connectivity index is 2.21. The molecule has 0 unspecified atom stereocenters. The van der Waals surface area contributed by atoms with E-state index in [4.69, 9.17) is 16.3 Å². The van der Waals surface area contributed by atoms with Gasteiger partial charge in [0, 0.05) is 6.07 Å². The van der Waals surface area contributed by atoms with E-state index in [-0.39, 0.29) is 0 Å². The van der Waals surface area contributed by atoms with E-state index in [0.29, 0.717) is 28.2 Å². The van der Waals surface area contributed by atoms with Gasteiger partial charge in [-0.3, -0.25) is 0 Å². The number of hydrogen-bond acceptors (Lipinski definition) is 5. The Hall–Kier alpha value is -2.21. The maximum absolute atomic E-state index is 5.86. The average molecular weight is 262 g/mol. The maximum atomic E-state index is 5.86. The fourth-order valence-electron chi connectivity index (χ4n) is 1.58. The number of nitrogens with zero attached hydrogens (tertiary/aromatic N) is 5. The largest absolute Gasteiger partial charge is 0.481 e. The summed E-state index contributed by atoms with van der Waals surface area (Å²) in [6.45, 7) is 0. The fraction of sp³-hybridized carbons (Fsp3) is 0.0909. The van der Waals surface area contributed by atoms with E-state index >= 15 is 0 Å². The number of methoxy groups -OCH3 is 1. The quantitative estimate of drug-likeness (QED) is 0.704. The Labute approximate surface area is 107 Å². The Bertz CT molecular complexity index is 711. The van der Waals surface area contributed by atoms with Gasteiger partial charge in [-0.05, 0) is 18.2 Å². The molecule has 0 saturated heterocycles. The minimum Gasteiger partial charge on any atom is -0.481 e. The van der Waals surface area contributed by atoms with E-state index in [1.807, 2.05) is 12.1 Å². The fourth-order valence-corrected chi connectivity index (χ4v) is 1.72. The summed E-state index contributed by atoms with van der Waals surface area (Å²) in [5.41, 5.74) is 1.23. The number of hydrogen-bond donors (Lipinski definition) is 0. The maximum Gasteiger partial charge on any atom is 0.213 e. The highest BCUT2D eigenvalue weighted by atomic mass is 35.5. The van der Waals surface area contributed by atoms with Crippen LogP contribution in [0.25, 0.3) is 17.2 Å². The van der Waals surface area contributed by atoms with Crippen molar-refractivity contribution in [1.29, 1.82) is 0 Å². The molecule has 0 fully saturated rings. The standard InChI is InChI=1S/C11H8ClN5O/c1-18-10-4-2-3-7(13-10)11-15-14-9-6-5-8(12)16-17(9)11/h2-6H,1H3. The van der Waals surface area contributed by atoms with Gasteiger partial charge in [-0.1, -0.05) is 17.7 Å². The summed E-state index contributed by atoms with van der Waals surface area (Å²) in [7, 11) is 1.56. The molecule has 0 bridgehead atoms. The topological polar surface area (TPSA) is 65.2 Å². The van der Waals surface area contributed by atoms with E-state index in [1.54, 1.807) is 29.8 Å². The van der Waals surface area contributed by atoms with Crippen LogP contribution in [-0.2, 0) is 0 Å². The van der Waals surface area contributed by atoms with Crippen molar-refractivity contribution in [3.63, 3.8) is 0 Å². The molecule has 6 nitrogen and oxygen atoms in total. The van der Waals surface area contributed by atoms with E-state index in [0.717, 1.165) is 0 Å². The summed E-state index contributed by atoms with van der Waals surface area (Å²) in [6, 6.07) is 8.79. The number of rotatable bonds is 2. The van der Waals surface area contributed by atoms with Crippen LogP contribution in [0, 0.1) is 0 Å². The first-order chi connectivity index (χ1) is 8.78. The van der Waals surface area contributed by atoms with Gasteiger partial charge in [0.2, 0.25) is 11.7 Å². The molecule has 0 atom stereocenters. The molecule has 0 N–H and O–H groups in total. The lowest BCUT2D eigenvalue weighted by Gasteiger charge is -2.01. The highest BCUT2D eigenvalue weighted by Gasteiger charge is 2.11. The second-order valence-corrected chi connectivity index (χ2v) is 3.90. The molecule has 90 valence electrons. The third-order valence-electron chi connectivity index (χ3n) is 2.39. The third-order valence-corrected chi connectivity index (χ3v) is 2.59. The summed E-state index contributed by atoms with van der Waals surface area (Å²) >= 11 is 5.86. The summed E-state index contributed by atoms with van der Waals surface area (Å²) in [5, 5.41) is 12.6. The zero-order chi connectivity index (χ0) is 12.5. The van der Waals surface area contributed by atoms with Crippen LogP contribution in [0.4, 0.5) is 0 Å². The summed E-state index contributed by atoms with van der Waals surface area (Å²) in [4.78, 5) is 4.28. The van der Waals surface area contributed by atoms with Crippen LogP contribution < -0.4 is 4.74 Å². The van der Waals surface area contributed by atoms with Gasteiger partial charge in [-0.2, -0.15) is 9.61 Å². The van der Waals surface area contributed by atoms with Gasteiger partial charge < -0.3 is 4.74 Å². The molecule has 0 radical (unpaired) electrons. The summed E-state index contributed by atoms with van der Waals surface area (Å²) < 4.78 is 6.62. The zero-order valence-corrected chi connectivity index (χ0v) is 10.2. The first-order valence-electron chi connectivity index (χ1n) is 5.17. The first-order valence-corrected chi connectivity index (χ1v) is 5.55. The molecule has 3 rings (SSSR count). The molecule has 3 aromatic rings. The summed E-state index contributed by atoms with van der Waals surface area (Å²) in [5.74, 6) is 1.03. The normalized spacial score (nSPS) is 10.8. The lowest BCUT2D eigenvalue weighted by molar-refractivity contribution is 0.398. The highest BCUT2D eigenvalue weighted by Crippen LogP contribution is 2.18. The van der Waals surface area contributed by atoms with Crippen LogP contribution in [0.15, 0.2) is 30.3 Å². The second-order valence-electron chi connectivity index (χ2n) is 3.51. The minimum absolute atomic E-state index is 0.367. The van der Waals surface area contributed by atoms with Gasteiger partial charge in [0.25, 0.3) is 0 Å². The molecular weight excluding hydrogens is 254 g/mol. The molecule has 0 aromatic carbocycles. The lowest BCUT2D eigenvalue weighted by atomic mass is 10.3. The molecule has 0 aliphatic rings. The van der Waals surface area contributed by atoms with E-state index in [2.05, 4.69) is 20.3 Å². The lowest BCUT2D eigenvalue weighted by Crippen LogP contribution is -1.97. The van der Waals surface area contributed by atoms with Crippen molar-refractivity contribution < 1.29 is 4.74 Å². The van der Waals surface area contributed by atoms with Crippen molar-refractivity contribution in [2.45, 2.75) is 0 Å². The number of halogens is 1. The molecule has 7 heteroatoms. The van der Waals surface area contributed by atoms with Crippen molar-refractivity contribution >= 4 is 17.2 Å². The molecule has 0 aliphatic carbocycles. The Morgan fingerprint density at radius 2 is 2.06 bits per heavy atom. The minimum atomic E-state index is 0.367. The third kappa shape index (κ3) is 1.76. The van der Waals surface area contributed by atoms with Crippen molar-refractivity contribution in [3.8, 4) is 17.4 Å². The predicted molar refractivity (Wildman–Crippen MR) is 65.6 cm³/mol. The van der Waals surface area contributed by atoms with E-state index in [1.165, 1.54) is 0 Å². The van der Waals surface area contributed by atoms with Crippen molar-refractivity contribution in [1.82, 2.24) is 24.8 Å². The van der Waals surface area contributed by atoms with E-state index in [9.17, 15) is 0 Å². The number of aromatic nitrogens is 5. The van der Waals surface area contributed by atoms with Crippen molar-refractivity contribution in [3.05, 3.63) is 35.5 Å². The van der Waals surface area contributed by atoms with Gasteiger partial charge in [0.05, 0.1) is 7.11 Å². The van der Waals surface area contributed by atoms with Crippen LogP contribution in [0.1, 0.15) is 0 Å². The molecule has 0 spiro atoms. The molecule has 3 aromatic heterocycles. The smallest absolute Gasteiger partial charge is 0.213 e. The number of pyridine rings is 1. The molecule has 18 heavy (non-hydrogen) atoms. The van der Waals surface area contributed by atoms with Crippen LogP contribution >= 0.6 is 11.6 Å². The van der Waals surface area contributed by atoms with Gasteiger partial charge in [-0.15, -0.1) is 10.2 Å². The highest BCUT2D eigenvalue weighted by molar-refractivity contribution is 6.29. The number of ether oxygens (including phenoxy) is 1. The van der Waals surface area contributed by atoms with Crippen LogP contribution in [-0.4, -0.2) is 31.9 Å². The Morgan fingerprint density at radius 3 is 2.89 bits per heavy atom. The van der Waals surface area contributed by atoms with Crippen LogP contribution in [0.3, 0.4) is 0 Å². The van der Waals surface area contributed by atoms with Crippen LogP contribution in [0.2, 0.25) is 5.15 Å². The van der Waals surface area contributed by atoms with Gasteiger partial charge in [0.15, 0.2) is 5.65 Å². The van der Waals surface area contributed by atoms with Gasteiger partial charge in [0.1, 0.15) is 10.8 Å². The average Bonchev–Trinajstić information content (AvgIpc) is 2.81. The molecule has 0 saturated carbocycles. The Kier molecular flexibility index (Phi) is 2.56. The Morgan fingerprint density at radius 1 is 1.17 bits per heavy atom. The molecule has 0 aliphatic heterocycles. The molecule has 0 amide bonds. The monoisotopic (exact) mass is 261 g/mol. The predicted octanol–water partition coefficient (Wildman–Crippen LogP) is 1.85. The van der Waals surface area contributed by atoms with Gasteiger partial charge >= 0.3 is 0 Å². The summed E-state index contributed by atoms with van der Waals surface area (Å²) in [6.07, 6.45) is 0. The molecular formula is C11H8ClN5O. The van der Waals surface area contributed by atoms with Crippen molar-refractivity contribution in [2.75, 3.05) is 7.11 Å². The first kappa shape index (κ1) is 10.9. The van der Waals surface area contributed by atoms with Crippen LogP contribution in [0.5, 0.6) is 5.88 Å². The number of fused-ring (bicyclic) bond motifs is 1. The SMILES string of the molecule is COc1cccc(-c2nnc3ccc(Cl)nn23)n1. The second kappa shape index (κ2) is 4.23. The van der Waals surface area contributed by atoms with Crippen molar-refractivity contribution in [2.24, 2.45) is 0 Å². The van der Waals surface area contributed by atoms with Gasteiger partial charge in [-0.25, -0.2) is 4.98 Å². The zero-order valence-electron chi connectivity index (χ0n) is 9.41.